The SMILES string of the molecule is CC(C)c1nc(OCC(=O)O)c(C#N)c2c1COC(C)(C)C2. The maximum atomic E-state index is 10.7. The van der Waals surface area contributed by atoms with Crippen molar-refractivity contribution in [1.29, 1.82) is 5.26 Å². The Hall–Kier alpha value is -2.13. The van der Waals surface area contributed by atoms with Gasteiger partial charge < -0.3 is 14.6 Å². The standard InChI is InChI=1S/C16H20N2O4/c1-9(2)14-12-7-22-16(3,4)5-10(12)11(6-17)15(18-14)21-8-13(19)20/h9H,5,7-8H2,1-4H3,(H,19,20). The van der Waals surface area contributed by atoms with Crippen molar-refractivity contribution >= 4 is 5.97 Å². The van der Waals surface area contributed by atoms with Gasteiger partial charge in [-0.1, -0.05) is 13.8 Å². The summed E-state index contributed by atoms with van der Waals surface area (Å²) >= 11 is 0. The molecule has 6 nitrogen and oxygen atoms in total. The molecular weight excluding hydrogens is 284 g/mol. The van der Waals surface area contributed by atoms with Crippen molar-refractivity contribution in [3.05, 3.63) is 22.4 Å². The minimum atomic E-state index is -1.10. The van der Waals surface area contributed by atoms with Crippen LogP contribution in [0.5, 0.6) is 5.88 Å². The van der Waals surface area contributed by atoms with Crippen LogP contribution in [-0.2, 0) is 22.6 Å². The summed E-state index contributed by atoms with van der Waals surface area (Å²) in [7, 11) is 0. The van der Waals surface area contributed by atoms with E-state index in [2.05, 4.69) is 11.1 Å². The number of pyridine rings is 1. The van der Waals surface area contributed by atoms with Gasteiger partial charge in [-0.05, 0) is 25.3 Å². The lowest BCUT2D eigenvalue weighted by Gasteiger charge is -2.34. The third-order valence-corrected chi connectivity index (χ3v) is 3.61. The molecule has 0 atom stereocenters. The van der Waals surface area contributed by atoms with Crippen LogP contribution in [-0.4, -0.2) is 28.3 Å². The van der Waals surface area contributed by atoms with Crippen LogP contribution >= 0.6 is 0 Å². The summed E-state index contributed by atoms with van der Waals surface area (Å²) in [6, 6.07) is 2.12. The van der Waals surface area contributed by atoms with Crippen LogP contribution in [0.25, 0.3) is 0 Å². The minimum absolute atomic E-state index is 0.102. The molecule has 1 aliphatic rings. The Morgan fingerprint density at radius 2 is 2.18 bits per heavy atom. The number of aromatic nitrogens is 1. The molecule has 1 aromatic heterocycles. The predicted molar refractivity (Wildman–Crippen MR) is 78.7 cm³/mol. The van der Waals surface area contributed by atoms with Crippen molar-refractivity contribution in [3.63, 3.8) is 0 Å². The van der Waals surface area contributed by atoms with E-state index in [0.717, 1.165) is 16.8 Å². The number of fused-ring (bicyclic) bond motifs is 1. The largest absolute Gasteiger partial charge is 0.479 e. The summed E-state index contributed by atoms with van der Waals surface area (Å²) in [5.74, 6) is -0.873. The molecule has 22 heavy (non-hydrogen) atoms. The van der Waals surface area contributed by atoms with Gasteiger partial charge in [0.15, 0.2) is 6.61 Å². The van der Waals surface area contributed by atoms with Gasteiger partial charge in [0.05, 0.1) is 17.9 Å². The molecule has 2 rings (SSSR count). The average molecular weight is 304 g/mol. The molecule has 0 aliphatic carbocycles. The summed E-state index contributed by atoms with van der Waals surface area (Å²) in [6.07, 6.45) is 0.566. The fourth-order valence-electron chi connectivity index (χ4n) is 2.60. The molecule has 0 radical (unpaired) electrons. The second-order valence-corrected chi connectivity index (χ2v) is 6.31. The highest BCUT2D eigenvalue weighted by atomic mass is 16.5. The van der Waals surface area contributed by atoms with E-state index in [1.807, 2.05) is 27.7 Å². The summed E-state index contributed by atoms with van der Waals surface area (Å²) in [6.45, 7) is 7.80. The normalized spacial score (nSPS) is 16.0. The number of hydrogen-bond donors (Lipinski definition) is 1. The van der Waals surface area contributed by atoms with Gasteiger partial charge in [-0.2, -0.15) is 5.26 Å². The molecular formula is C16H20N2O4. The number of aliphatic carboxylic acids is 1. The molecule has 1 aliphatic heterocycles. The molecule has 2 heterocycles. The Balaban J connectivity index is 2.59. The molecule has 0 unspecified atom stereocenters. The highest BCUT2D eigenvalue weighted by Gasteiger charge is 2.32. The van der Waals surface area contributed by atoms with E-state index in [1.165, 1.54) is 0 Å². The molecule has 0 amide bonds. The van der Waals surface area contributed by atoms with Gasteiger partial charge in [0.25, 0.3) is 0 Å². The second-order valence-electron chi connectivity index (χ2n) is 6.31. The second kappa shape index (κ2) is 5.93. The van der Waals surface area contributed by atoms with Gasteiger partial charge in [0, 0.05) is 12.0 Å². The lowest BCUT2D eigenvalue weighted by Crippen LogP contribution is -2.33. The van der Waals surface area contributed by atoms with Crippen LogP contribution in [0, 0.1) is 11.3 Å². The van der Waals surface area contributed by atoms with E-state index < -0.39 is 12.6 Å². The van der Waals surface area contributed by atoms with Crippen molar-refractivity contribution < 1.29 is 19.4 Å². The molecule has 0 saturated heterocycles. The van der Waals surface area contributed by atoms with E-state index >= 15 is 0 Å². The Morgan fingerprint density at radius 3 is 2.73 bits per heavy atom. The van der Waals surface area contributed by atoms with Crippen molar-refractivity contribution in [3.8, 4) is 11.9 Å². The van der Waals surface area contributed by atoms with Crippen LogP contribution in [0.3, 0.4) is 0 Å². The first-order valence-corrected chi connectivity index (χ1v) is 7.19. The highest BCUT2D eigenvalue weighted by Crippen LogP contribution is 2.37. The van der Waals surface area contributed by atoms with Gasteiger partial charge in [-0.3, -0.25) is 0 Å². The maximum Gasteiger partial charge on any atom is 0.341 e. The summed E-state index contributed by atoms with van der Waals surface area (Å²) < 4.78 is 11.1. The molecule has 0 saturated carbocycles. The first-order chi connectivity index (χ1) is 10.2. The molecule has 1 N–H and O–H groups in total. The number of carboxylic acid groups (broad SMARTS) is 1. The van der Waals surface area contributed by atoms with Gasteiger partial charge >= 0.3 is 5.97 Å². The topological polar surface area (TPSA) is 92.4 Å². The fraction of sp³-hybridized carbons (Fsp3) is 0.562. The van der Waals surface area contributed by atoms with Crippen molar-refractivity contribution in [1.82, 2.24) is 4.98 Å². The zero-order chi connectivity index (χ0) is 16.5. The van der Waals surface area contributed by atoms with Crippen LogP contribution < -0.4 is 4.74 Å². The number of ether oxygens (including phenoxy) is 2. The van der Waals surface area contributed by atoms with Gasteiger partial charge in [-0.25, -0.2) is 9.78 Å². The third kappa shape index (κ3) is 3.20. The van der Waals surface area contributed by atoms with E-state index in [0.29, 0.717) is 18.6 Å². The predicted octanol–water partition coefficient (Wildman–Crippen LogP) is 2.39. The van der Waals surface area contributed by atoms with Crippen LogP contribution in [0.4, 0.5) is 0 Å². The highest BCUT2D eigenvalue weighted by molar-refractivity contribution is 5.68. The number of rotatable bonds is 4. The van der Waals surface area contributed by atoms with Crippen LogP contribution in [0.2, 0.25) is 0 Å². The summed E-state index contributed by atoms with van der Waals surface area (Å²) in [5, 5.41) is 18.3. The van der Waals surface area contributed by atoms with Gasteiger partial charge in [0.2, 0.25) is 5.88 Å². The van der Waals surface area contributed by atoms with Gasteiger partial charge in [-0.15, -0.1) is 0 Å². The van der Waals surface area contributed by atoms with Crippen LogP contribution in [0.1, 0.15) is 56.0 Å². The van der Waals surface area contributed by atoms with Gasteiger partial charge in [0.1, 0.15) is 11.6 Å². The molecule has 6 heteroatoms. The molecule has 0 fully saturated rings. The van der Waals surface area contributed by atoms with E-state index in [4.69, 9.17) is 14.6 Å². The van der Waals surface area contributed by atoms with E-state index in [-0.39, 0.29) is 17.4 Å². The van der Waals surface area contributed by atoms with E-state index in [9.17, 15) is 10.1 Å². The Kier molecular flexibility index (Phi) is 4.38. The Bertz CT molecular complexity index is 645. The number of hydrogen-bond acceptors (Lipinski definition) is 5. The number of nitriles is 1. The number of carbonyl (C=O) groups is 1. The average Bonchev–Trinajstić information content (AvgIpc) is 2.42. The monoisotopic (exact) mass is 304 g/mol. The minimum Gasteiger partial charge on any atom is -0.479 e. The molecule has 118 valence electrons. The molecule has 1 aromatic rings. The molecule has 0 spiro atoms. The lowest BCUT2D eigenvalue weighted by atomic mass is 9.86. The lowest BCUT2D eigenvalue weighted by molar-refractivity contribution is -0.139. The zero-order valence-corrected chi connectivity index (χ0v) is 13.3. The van der Waals surface area contributed by atoms with Crippen molar-refractivity contribution in [2.45, 2.75) is 52.2 Å². The molecule has 0 aromatic carbocycles. The van der Waals surface area contributed by atoms with Crippen molar-refractivity contribution in [2.24, 2.45) is 0 Å². The number of nitrogens with zero attached hydrogens (tertiary/aromatic N) is 2. The van der Waals surface area contributed by atoms with Crippen LogP contribution in [0.15, 0.2) is 0 Å². The van der Waals surface area contributed by atoms with Crippen molar-refractivity contribution in [2.75, 3.05) is 6.61 Å². The third-order valence-electron chi connectivity index (χ3n) is 3.61. The Morgan fingerprint density at radius 1 is 1.50 bits per heavy atom. The van der Waals surface area contributed by atoms with E-state index in [1.54, 1.807) is 0 Å². The smallest absolute Gasteiger partial charge is 0.341 e. The molecule has 0 bridgehead atoms. The zero-order valence-electron chi connectivity index (χ0n) is 13.3. The Labute approximate surface area is 129 Å². The first-order valence-electron chi connectivity index (χ1n) is 7.19. The quantitative estimate of drug-likeness (QED) is 0.918. The number of carboxylic acids is 1. The fourth-order valence-corrected chi connectivity index (χ4v) is 2.60. The summed E-state index contributed by atoms with van der Waals surface area (Å²) in [5.41, 5.74) is 2.52. The first kappa shape index (κ1) is 16.2. The maximum absolute atomic E-state index is 10.7. The summed E-state index contributed by atoms with van der Waals surface area (Å²) in [4.78, 5) is 15.1.